The van der Waals surface area contributed by atoms with Gasteiger partial charge in [-0.1, -0.05) is 18.2 Å². The minimum Gasteiger partial charge on any atom is -0.340 e. The van der Waals surface area contributed by atoms with Crippen molar-refractivity contribution in [3.05, 3.63) is 53.9 Å². The number of aromatic nitrogens is 1. The number of rotatable bonds is 4. The van der Waals surface area contributed by atoms with Gasteiger partial charge in [-0.2, -0.15) is 0 Å². The molecule has 0 saturated carbocycles. The smallest absolute Gasteiger partial charge is 0.242 e. The number of thioether (sulfide) groups is 1. The highest BCUT2D eigenvalue weighted by Gasteiger charge is 2.28. The molecular weight excluding hydrogens is 384 g/mol. The van der Waals surface area contributed by atoms with Crippen molar-refractivity contribution in [2.75, 3.05) is 43.4 Å². The Bertz CT molecular complexity index is 904. The van der Waals surface area contributed by atoms with Gasteiger partial charge in [0.15, 0.2) is 0 Å². The number of carbonyl (C=O) groups is 2. The van der Waals surface area contributed by atoms with Gasteiger partial charge in [0, 0.05) is 43.3 Å². The number of carbonyl (C=O) groups excluding carboxylic acids is 2. The van der Waals surface area contributed by atoms with Crippen LogP contribution < -0.4 is 4.90 Å². The average Bonchev–Trinajstić information content (AvgIpc) is 2.96. The molecule has 7 heteroatoms. The lowest BCUT2D eigenvalue weighted by atomic mass is 10.2. The summed E-state index contributed by atoms with van der Waals surface area (Å²) in [4.78, 5) is 37.0. The van der Waals surface area contributed by atoms with Crippen molar-refractivity contribution in [2.24, 2.45) is 0 Å². The van der Waals surface area contributed by atoms with Crippen LogP contribution in [-0.2, 0) is 16.1 Å². The zero-order valence-corrected chi connectivity index (χ0v) is 17.5. The maximum absolute atomic E-state index is 13.0. The van der Waals surface area contributed by atoms with Crippen LogP contribution in [0.5, 0.6) is 0 Å². The number of nitrogens with zero attached hydrogens (tertiary/aromatic N) is 4. The van der Waals surface area contributed by atoms with Crippen LogP contribution >= 0.6 is 11.8 Å². The summed E-state index contributed by atoms with van der Waals surface area (Å²) in [5.41, 5.74) is 2.95. The summed E-state index contributed by atoms with van der Waals surface area (Å²) >= 11 is 1.54. The standard InChI is InChI=1S/C22H26N4O2S/c1-17-6-4-7-18(23-17)14-24-10-5-11-25(13-12-24)21(27)15-26-19-8-2-3-9-20(19)29-16-22(26)28/h2-4,6-9H,5,10-16H2,1H3. The predicted octanol–water partition coefficient (Wildman–Crippen LogP) is 2.56. The van der Waals surface area contributed by atoms with Crippen LogP contribution in [0.1, 0.15) is 17.8 Å². The van der Waals surface area contributed by atoms with E-state index in [1.54, 1.807) is 4.90 Å². The molecule has 0 radical (unpaired) electrons. The Hall–Kier alpha value is -2.38. The molecule has 2 aliphatic rings. The number of hydrogen-bond donors (Lipinski definition) is 0. The number of pyridine rings is 1. The third kappa shape index (κ3) is 4.79. The van der Waals surface area contributed by atoms with Crippen LogP contribution in [0.3, 0.4) is 0 Å². The number of benzene rings is 1. The van der Waals surface area contributed by atoms with Crippen molar-refractivity contribution in [2.45, 2.75) is 24.8 Å². The highest BCUT2D eigenvalue weighted by atomic mass is 32.2. The van der Waals surface area contributed by atoms with Crippen molar-refractivity contribution < 1.29 is 9.59 Å². The number of amides is 2. The Kier molecular flexibility index (Phi) is 6.16. The van der Waals surface area contributed by atoms with Gasteiger partial charge >= 0.3 is 0 Å². The largest absolute Gasteiger partial charge is 0.340 e. The molecule has 0 N–H and O–H groups in total. The fourth-order valence-electron chi connectivity index (χ4n) is 3.86. The Morgan fingerprint density at radius 1 is 1.07 bits per heavy atom. The first-order chi connectivity index (χ1) is 14.1. The molecule has 2 amide bonds. The minimum absolute atomic E-state index is 0.00372. The Labute approximate surface area is 175 Å². The first kappa shape index (κ1) is 19.9. The third-order valence-corrected chi connectivity index (χ3v) is 6.42. The molecule has 1 saturated heterocycles. The van der Waals surface area contributed by atoms with Gasteiger partial charge in [0.2, 0.25) is 11.8 Å². The summed E-state index contributed by atoms with van der Waals surface area (Å²) in [7, 11) is 0. The lowest BCUT2D eigenvalue weighted by Gasteiger charge is -2.30. The van der Waals surface area contributed by atoms with E-state index in [0.29, 0.717) is 12.3 Å². The van der Waals surface area contributed by atoms with Crippen LogP contribution in [0.2, 0.25) is 0 Å². The number of fused-ring (bicyclic) bond motifs is 1. The van der Waals surface area contributed by atoms with E-state index >= 15 is 0 Å². The molecule has 0 atom stereocenters. The van der Waals surface area contributed by atoms with Gasteiger partial charge < -0.3 is 9.80 Å². The summed E-state index contributed by atoms with van der Waals surface area (Å²) in [6.45, 7) is 6.11. The monoisotopic (exact) mass is 410 g/mol. The van der Waals surface area contributed by atoms with Crippen LogP contribution in [0.15, 0.2) is 47.4 Å². The normalized spacial score (nSPS) is 17.8. The number of aryl methyl sites for hydroxylation is 1. The van der Waals surface area contributed by atoms with E-state index in [2.05, 4.69) is 16.0 Å². The second-order valence-electron chi connectivity index (χ2n) is 7.52. The zero-order valence-electron chi connectivity index (χ0n) is 16.7. The molecule has 2 aliphatic heterocycles. The van der Waals surface area contributed by atoms with E-state index in [-0.39, 0.29) is 18.4 Å². The molecule has 1 aromatic heterocycles. The van der Waals surface area contributed by atoms with E-state index in [1.165, 1.54) is 11.8 Å². The van der Waals surface area contributed by atoms with Gasteiger partial charge in [0.25, 0.3) is 0 Å². The summed E-state index contributed by atoms with van der Waals surface area (Å²) in [6, 6.07) is 13.9. The number of hydrogen-bond acceptors (Lipinski definition) is 5. The van der Waals surface area contributed by atoms with Gasteiger partial charge in [-0.15, -0.1) is 11.8 Å². The van der Waals surface area contributed by atoms with E-state index in [0.717, 1.165) is 54.6 Å². The van der Waals surface area contributed by atoms with Crippen molar-refractivity contribution in [3.8, 4) is 0 Å². The van der Waals surface area contributed by atoms with Crippen molar-refractivity contribution in [3.63, 3.8) is 0 Å². The summed E-state index contributed by atoms with van der Waals surface area (Å²) in [6.07, 6.45) is 0.929. The highest BCUT2D eigenvalue weighted by molar-refractivity contribution is 8.00. The molecule has 29 heavy (non-hydrogen) atoms. The zero-order chi connectivity index (χ0) is 20.2. The molecular formula is C22H26N4O2S. The molecule has 0 unspecified atom stereocenters. The SMILES string of the molecule is Cc1cccc(CN2CCCN(C(=O)CN3C(=O)CSc4ccccc43)CC2)n1. The number of anilines is 1. The van der Waals surface area contributed by atoms with E-state index in [9.17, 15) is 9.59 Å². The fraction of sp³-hybridized carbons (Fsp3) is 0.409. The lowest BCUT2D eigenvalue weighted by molar-refractivity contribution is -0.131. The fourth-order valence-corrected chi connectivity index (χ4v) is 4.79. The molecule has 0 aliphatic carbocycles. The van der Waals surface area contributed by atoms with Crippen LogP contribution in [0.25, 0.3) is 0 Å². The molecule has 6 nitrogen and oxygen atoms in total. The van der Waals surface area contributed by atoms with Crippen molar-refractivity contribution in [1.29, 1.82) is 0 Å². The molecule has 2 aromatic rings. The topological polar surface area (TPSA) is 56.8 Å². The summed E-state index contributed by atoms with van der Waals surface area (Å²) in [5.74, 6) is 0.418. The molecule has 4 rings (SSSR count). The molecule has 152 valence electrons. The van der Waals surface area contributed by atoms with Crippen molar-refractivity contribution in [1.82, 2.24) is 14.8 Å². The quantitative estimate of drug-likeness (QED) is 0.775. The Balaban J connectivity index is 1.37. The van der Waals surface area contributed by atoms with Crippen LogP contribution in [0, 0.1) is 6.92 Å². The van der Waals surface area contributed by atoms with Gasteiger partial charge in [0.05, 0.1) is 17.1 Å². The Morgan fingerprint density at radius 2 is 1.93 bits per heavy atom. The van der Waals surface area contributed by atoms with E-state index in [1.807, 2.05) is 48.2 Å². The second kappa shape index (κ2) is 8.97. The Morgan fingerprint density at radius 3 is 2.79 bits per heavy atom. The third-order valence-electron chi connectivity index (χ3n) is 5.37. The molecule has 0 spiro atoms. The summed E-state index contributed by atoms with van der Waals surface area (Å²) in [5, 5.41) is 0. The molecule has 0 bridgehead atoms. The average molecular weight is 411 g/mol. The first-order valence-corrected chi connectivity index (χ1v) is 11.0. The lowest BCUT2D eigenvalue weighted by Crippen LogP contribution is -2.46. The highest BCUT2D eigenvalue weighted by Crippen LogP contribution is 2.34. The second-order valence-corrected chi connectivity index (χ2v) is 8.53. The maximum Gasteiger partial charge on any atom is 0.242 e. The van der Waals surface area contributed by atoms with E-state index < -0.39 is 0 Å². The van der Waals surface area contributed by atoms with Crippen LogP contribution in [-0.4, -0.2) is 65.1 Å². The first-order valence-electron chi connectivity index (χ1n) is 10.0. The number of para-hydroxylation sites is 1. The van der Waals surface area contributed by atoms with Gasteiger partial charge in [0.1, 0.15) is 6.54 Å². The summed E-state index contributed by atoms with van der Waals surface area (Å²) < 4.78 is 0. The van der Waals surface area contributed by atoms with Gasteiger partial charge in [-0.3, -0.25) is 19.5 Å². The molecule has 3 heterocycles. The van der Waals surface area contributed by atoms with Crippen LogP contribution in [0.4, 0.5) is 5.69 Å². The minimum atomic E-state index is 0.00372. The predicted molar refractivity (Wildman–Crippen MR) is 115 cm³/mol. The van der Waals surface area contributed by atoms with Gasteiger partial charge in [-0.25, -0.2) is 0 Å². The molecule has 1 aromatic carbocycles. The molecule has 1 fully saturated rings. The van der Waals surface area contributed by atoms with Crippen molar-refractivity contribution >= 4 is 29.3 Å². The van der Waals surface area contributed by atoms with Gasteiger partial charge in [-0.05, 0) is 37.6 Å². The maximum atomic E-state index is 13.0. The van der Waals surface area contributed by atoms with E-state index in [4.69, 9.17) is 0 Å².